The predicted molar refractivity (Wildman–Crippen MR) is 93.0 cm³/mol. The molecule has 0 fully saturated rings. The third kappa shape index (κ3) is 6.24. The van der Waals surface area contributed by atoms with E-state index in [-0.39, 0.29) is 12.3 Å². The van der Waals surface area contributed by atoms with Crippen molar-refractivity contribution >= 4 is 28.9 Å². The molecule has 0 saturated heterocycles. The van der Waals surface area contributed by atoms with Gasteiger partial charge in [-0.05, 0) is 56.0 Å². The monoisotopic (exact) mass is 331 g/mol. The van der Waals surface area contributed by atoms with E-state index in [2.05, 4.69) is 24.4 Å². The summed E-state index contributed by atoms with van der Waals surface area (Å²) in [6, 6.07) is 11.6. The number of hydrogen-bond acceptors (Lipinski definition) is 3. The van der Waals surface area contributed by atoms with Gasteiger partial charge in [-0.3, -0.25) is 9.59 Å². The number of benzene rings is 1. The summed E-state index contributed by atoms with van der Waals surface area (Å²) < 4.78 is 0. The fourth-order valence-electron chi connectivity index (χ4n) is 2.27. The van der Waals surface area contributed by atoms with Gasteiger partial charge in [-0.1, -0.05) is 12.1 Å². The Morgan fingerprint density at radius 1 is 1.04 bits per heavy atom. The van der Waals surface area contributed by atoms with Crippen LogP contribution in [0.5, 0.6) is 0 Å². The Balaban J connectivity index is 1.73. The number of carbonyl (C=O) groups is 2. The lowest BCUT2D eigenvalue weighted by atomic mass is 10.1. The summed E-state index contributed by atoms with van der Waals surface area (Å²) in [5.74, 6) is -0.792. The molecule has 2 aromatic rings. The maximum atomic E-state index is 11.9. The number of rotatable bonds is 8. The molecule has 5 heteroatoms. The smallest absolute Gasteiger partial charge is 0.303 e. The van der Waals surface area contributed by atoms with Crippen molar-refractivity contribution in [1.29, 1.82) is 0 Å². The molecule has 0 aliphatic rings. The number of nitrogens with one attached hydrogen (secondary N) is 1. The van der Waals surface area contributed by atoms with Crippen LogP contribution >= 0.6 is 11.3 Å². The zero-order valence-electron chi connectivity index (χ0n) is 13.2. The molecule has 2 N–H and O–H groups in total. The molecule has 0 aliphatic heterocycles. The molecule has 0 unspecified atom stereocenters. The molecule has 0 saturated carbocycles. The number of aryl methyl sites for hydroxylation is 3. The number of amides is 1. The molecule has 1 aromatic heterocycles. The van der Waals surface area contributed by atoms with E-state index in [1.807, 2.05) is 24.3 Å². The number of carbonyl (C=O) groups excluding carboxylic acids is 1. The molecule has 1 aromatic carbocycles. The van der Waals surface area contributed by atoms with Gasteiger partial charge in [-0.15, -0.1) is 11.3 Å². The maximum Gasteiger partial charge on any atom is 0.303 e. The van der Waals surface area contributed by atoms with Crippen LogP contribution in [-0.4, -0.2) is 17.0 Å². The number of hydrogen-bond donors (Lipinski definition) is 2. The Morgan fingerprint density at radius 3 is 2.39 bits per heavy atom. The standard InChI is InChI=1S/C18H21NO3S/c1-13-5-11-16(23-13)3-2-4-17(20)19-15-9-6-14(7-10-15)8-12-18(21)22/h5-7,9-11H,2-4,8,12H2,1H3,(H,19,20)(H,21,22). The van der Waals surface area contributed by atoms with Gasteiger partial charge in [-0.25, -0.2) is 0 Å². The summed E-state index contributed by atoms with van der Waals surface area (Å²) >= 11 is 1.78. The van der Waals surface area contributed by atoms with Crippen LogP contribution in [0, 0.1) is 6.92 Å². The molecule has 2 rings (SSSR count). The molecule has 0 aliphatic carbocycles. The van der Waals surface area contributed by atoms with Crippen LogP contribution in [0.1, 0.15) is 34.6 Å². The molecular weight excluding hydrogens is 310 g/mol. The zero-order chi connectivity index (χ0) is 16.7. The summed E-state index contributed by atoms with van der Waals surface area (Å²) in [7, 11) is 0. The van der Waals surface area contributed by atoms with Crippen molar-refractivity contribution in [3.05, 3.63) is 51.7 Å². The van der Waals surface area contributed by atoms with Gasteiger partial charge < -0.3 is 10.4 Å². The molecule has 1 heterocycles. The van der Waals surface area contributed by atoms with Gasteiger partial charge in [0.15, 0.2) is 0 Å². The van der Waals surface area contributed by atoms with Crippen LogP contribution in [0.2, 0.25) is 0 Å². The highest BCUT2D eigenvalue weighted by molar-refractivity contribution is 7.11. The fourth-order valence-corrected chi connectivity index (χ4v) is 3.20. The van der Waals surface area contributed by atoms with E-state index in [4.69, 9.17) is 5.11 Å². The Bertz CT molecular complexity index is 661. The minimum atomic E-state index is -0.802. The SMILES string of the molecule is Cc1ccc(CCCC(=O)Nc2ccc(CCC(=O)O)cc2)s1. The average Bonchev–Trinajstić information content (AvgIpc) is 2.92. The lowest BCUT2D eigenvalue weighted by Crippen LogP contribution is -2.11. The minimum Gasteiger partial charge on any atom is -0.481 e. The molecule has 23 heavy (non-hydrogen) atoms. The van der Waals surface area contributed by atoms with E-state index in [0.717, 1.165) is 24.1 Å². The first-order valence-corrected chi connectivity index (χ1v) is 8.50. The van der Waals surface area contributed by atoms with Crippen LogP contribution in [-0.2, 0) is 22.4 Å². The summed E-state index contributed by atoms with van der Waals surface area (Å²) in [6.07, 6.45) is 2.89. The first-order valence-electron chi connectivity index (χ1n) is 7.69. The zero-order valence-corrected chi connectivity index (χ0v) is 14.0. The number of thiophene rings is 1. The summed E-state index contributed by atoms with van der Waals surface area (Å²) in [6.45, 7) is 2.08. The van der Waals surface area contributed by atoms with E-state index < -0.39 is 5.97 Å². The second-order valence-electron chi connectivity index (χ2n) is 5.50. The van der Waals surface area contributed by atoms with Crippen molar-refractivity contribution in [3.63, 3.8) is 0 Å². The van der Waals surface area contributed by atoms with Crippen molar-refractivity contribution in [3.8, 4) is 0 Å². The first kappa shape index (κ1) is 17.2. The highest BCUT2D eigenvalue weighted by Crippen LogP contribution is 2.17. The molecule has 0 radical (unpaired) electrons. The van der Waals surface area contributed by atoms with Gasteiger partial charge in [0, 0.05) is 28.3 Å². The molecule has 0 atom stereocenters. The lowest BCUT2D eigenvalue weighted by Gasteiger charge is -2.06. The maximum absolute atomic E-state index is 11.9. The Hall–Kier alpha value is -2.14. The van der Waals surface area contributed by atoms with Crippen LogP contribution in [0.4, 0.5) is 5.69 Å². The third-order valence-electron chi connectivity index (χ3n) is 3.49. The molecule has 122 valence electrons. The van der Waals surface area contributed by atoms with Crippen molar-refractivity contribution in [1.82, 2.24) is 0 Å². The van der Waals surface area contributed by atoms with Gasteiger partial charge in [0.2, 0.25) is 5.91 Å². The minimum absolute atomic E-state index is 0.0107. The van der Waals surface area contributed by atoms with Gasteiger partial charge in [-0.2, -0.15) is 0 Å². The Kier molecular flexibility index (Phi) is 6.35. The third-order valence-corrected chi connectivity index (χ3v) is 4.55. The van der Waals surface area contributed by atoms with Crippen LogP contribution in [0.15, 0.2) is 36.4 Å². The Labute approximate surface area is 140 Å². The highest BCUT2D eigenvalue weighted by Gasteiger charge is 2.05. The van der Waals surface area contributed by atoms with Gasteiger partial charge in [0.05, 0.1) is 0 Å². The molecule has 0 spiro atoms. The largest absolute Gasteiger partial charge is 0.481 e. The topological polar surface area (TPSA) is 66.4 Å². The van der Waals surface area contributed by atoms with E-state index in [1.165, 1.54) is 9.75 Å². The van der Waals surface area contributed by atoms with Gasteiger partial charge in [0.25, 0.3) is 0 Å². The summed E-state index contributed by atoms with van der Waals surface area (Å²) in [5, 5.41) is 11.5. The predicted octanol–water partition coefficient (Wildman–Crippen LogP) is 4.04. The second-order valence-corrected chi connectivity index (χ2v) is 6.88. The molecular formula is C18H21NO3S. The fraction of sp³-hybridized carbons (Fsp3) is 0.333. The van der Waals surface area contributed by atoms with Gasteiger partial charge >= 0.3 is 5.97 Å². The van der Waals surface area contributed by atoms with Crippen molar-refractivity contribution < 1.29 is 14.7 Å². The second kappa shape index (κ2) is 8.48. The van der Waals surface area contributed by atoms with E-state index in [0.29, 0.717) is 12.8 Å². The normalized spacial score (nSPS) is 10.5. The van der Waals surface area contributed by atoms with Crippen molar-refractivity contribution in [2.45, 2.75) is 39.0 Å². The lowest BCUT2D eigenvalue weighted by molar-refractivity contribution is -0.137. The number of aliphatic carboxylic acids is 1. The number of carboxylic acids is 1. The van der Waals surface area contributed by atoms with Gasteiger partial charge in [0.1, 0.15) is 0 Å². The summed E-state index contributed by atoms with van der Waals surface area (Å²) in [5.41, 5.74) is 1.71. The van der Waals surface area contributed by atoms with Crippen LogP contribution in [0.3, 0.4) is 0 Å². The van der Waals surface area contributed by atoms with Crippen LogP contribution in [0.25, 0.3) is 0 Å². The number of carboxylic acid groups (broad SMARTS) is 1. The summed E-state index contributed by atoms with van der Waals surface area (Å²) in [4.78, 5) is 25.1. The highest BCUT2D eigenvalue weighted by atomic mass is 32.1. The van der Waals surface area contributed by atoms with E-state index in [1.54, 1.807) is 11.3 Å². The van der Waals surface area contributed by atoms with E-state index in [9.17, 15) is 9.59 Å². The van der Waals surface area contributed by atoms with Crippen molar-refractivity contribution in [2.75, 3.05) is 5.32 Å². The number of anilines is 1. The molecule has 4 nitrogen and oxygen atoms in total. The average molecular weight is 331 g/mol. The van der Waals surface area contributed by atoms with E-state index >= 15 is 0 Å². The van der Waals surface area contributed by atoms with Crippen LogP contribution < -0.4 is 5.32 Å². The molecule has 1 amide bonds. The van der Waals surface area contributed by atoms with Crippen molar-refractivity contribution in [2.24, 2.45) is 0 Å². The first-order chi connectivity index (χ1) is 11.0. The molecule has 0 bridgehead atoms. The quantitative estimate of drug-likeness (QED) is 0.767. The Morgan fingerprint density at radius 2 is 1.78 bits per heavy atom.